The molecule has 0 aliphatic heterocycles. The van der Waals surface area contributed by atoms with E-state index >= 15 is 0 Å². The summed E-state index contributed by atoms with van der Waals surface area (Å²) in [7, 11) is 2.01. The molecule has 0 atom stereocenters. The topological polar surface area (TPSA) is 42.2 Å². The maximum absolute atomic E-state index is 5.58. The Bertz CT molecular complexity index is 491. The van der Waals surface area contributed by atoms with Crippen LogP contribution in [0.3, 0.4) is 0 Å². The lowest BCUT2D eigenvalue weighted by Crippen LogP contribution is -2.11. The highest BCUT2D eigenvalue weighted by molar-refractivity contribution is 5.59. The fraction of sp³-hybridized carbons (Fsp3) is 0.214. The van der Waals surface area contributed by atoms with Crippen molar-refractivity contribution in [3.05, 3.63) is 53.7 Å². The van der Waals surface area contributed by atoms with Gasteiger partial charge in [-0.2, -0.15) is 0 Å². The Morgan fingerprint density at radius 2 is 1.88 bits per heavy atom. The van der Waals surface area contributed by atoms with Crippen LogP contribution in [-0.4, -0.2) is 12.0 Å². The molecule has 2 rings (SSSR count). The van der Waals surface area contributed by atoms with Crippen molar-refractivity contribution in [3.8, 4) is 0 Å². The summed E-state index contributed by atoms with van der Waals surface area (Å²) < 4.78 is 0. The van der Waals surface area contributed by atoms with E-state index in [9.17, 15) is 0 Å². The third kappa shape index (κ3) is 2.63. The minimum atomic E-state index is 0.576. The van der Waals surface area contributed by atoms with Gasteiger partial charge in [0.1, 0.15) is 5.82 Å². The fourth-order valence-electron chi connectivity index (χ4n) is 1.69. The average Bonchev–Trinajstić information content (AvgIpc) is 2.38. The van der Waals surface area contributed by atoms with Crippen molar-refractivity contribution in [2.75, 3.05) is 11.9 Å². The van der Waals surface area contributed by atoms with E-state index in [4.69, 9.17) is 5.73 Å². The van der Waals surface area contributed by atoms with Gasteiger partial charge in [-0.1, -0.05) is 12.1 Å². The van der Waals surface area contributed by atoms with Crippen LogP contribution >= 0.6 is 0 Å². The van der Waals surface area contributed by atoms with Crippen LogP contribution in [0.25, 0.3) is 0 Å². The molecule has 88 valence electrons. The van der Waals surface area contributed by atoms with Gasteiger partial charge in [0.05, 0.1) is 0 Å². The van der Waals surface area contributed by atoms with E-state index in [-0.39, 0.29) is 0 Å². The number of hydrogen-bond donors (Lipinski definition) is 1. The molecule has 3 nitrogen and oxygen atoms in total. The van der Waals surface area contributed by atoms with Crippen molar-refractivity contribution < 1.29 is 0 Å². The zero-order valence-corrected chi connectivity index (χ0v) is 10.2. The van der Waals surface area contributed by atoms with Gasteiger partial charge in [-0.3, -0.25) is 0 Å². The van der Waals surface area contributed by atoms with Gasteiger partial charge in [0, 0.05) is 25.5 Å². The minimum Gasteiger partial charge on any atom is -0.329 e. The molecule has 17 heavy (non-hydrogen) atoms. The van der Waals surface area contributed by atoms with E-state index in [0.717, 1.165) is 17.1 Å². The summed E-state index contributed by atoms with van der Waals surface area (Å²) in [6.07, 6.45) is 1.83. The van der Waals surface area contributed by atoms with Crippen LogP contribution in [0.2, 0.25) is 0 Å². The van der Waals surface area contributed by atoms with Crippen molar-refractivity contribution in [3.63, 3.8) is 0 Å². The van der Waals surface area contributed by atoms with E-state index in [0.29, 0.717) is 6.54 Å². The molecule has 0 saturated heterocycles. The predicted molar refractivity (Wildman–Crippen MR) is 71.4 cm³/mol. The lowest BCUT2D eigenvalue weighted by molar-refractivity contribution is 1.06. The predicted octanol–water partition coefficient (Wildman–Crippen LogP) is 2.62. The SMILES string of the molecule is Cc1ccnc(N(C)c2ccc(CN)cc2)c1. The van der Waals surface area contributed by atoms with Gasteiger partial charge in [0.15, 0.2) is 0 Å². The summed E-state index contributed by atoms with van der Waals surface area (Å²) in [6.45, 7) is 2.64. The largest absolute Gasteiger partial charge is 0.329 e. The standard InChI is InChI=1S/C14H17N3/c1-11-7-8-16-14(9-11)17(2)13-5-3-12(10-15)4-6-13/h3-9H,10,15H2,1-2H3. The van der Waals surface area contributed by atoms with Crippen LogP contribution in [0, 0.1) is 6.92 Å². The highest BCUT2D eigenvalue weighted by Crippen LogP contribution is 2.22. The molecule has 0 aliphatic carbocycles. The number of nitrogens with two attached hydrogens (primary N) is 1. The maximum atomic E-state index is 5.58. The third-order valence-corrected chi connectivity index (χ3v) is 2.80. The summed E-state index contributed by atoms with van der Waals surface area (Å²) >= 11 is 0. The molecule has 0 fully saturated rings. The van der Waals surface area contributed by atoms with E-state index in [1.165, 1.54) is 5.56 Å². The van der Waals surface area contributed by atoms with Crippen LogP contribution in [-0.2, 0) is 6.54 Å². The Balaban J connectivity index is 2.27. The normalized spacial score (nSPS) is 10.3. The van der Waals surface area contributed by atoms with Crippen LogP contribution in [0.15, 0.2) is 42.6 Å². The second kappa shape index (κ2) is 4.97. The molecule has 1 aromatic carbocycles. The van der Waals surface area contributed by atoms with Crippen molar-refractivity contribution in [1.29, 1.82) is 0 Å². The lowest BCUT2D eigenvalue weighted by atomic mass is 10.2. The van der Waals surface area contributed by atoms with Gasteiger partial charge in [-0.25, -0.2) is 4.98 Å². The third-order valence-electron chi connectivity index (χ3n) is 2.80. The van der Waals surface area contributed by atoms with Crippen molar-refractivity contribution >= 4 is 11.5 Å². The summed E-state index contributed by atoms with van der Waals surface area (Å²) in [5.74, 6) is 0.950. The Morgan fingerprint density at radius 1 is 1.18 bits per heavy atom. The van der Waals surface area contributed by atoms with E-state index < -0.39 is 0 Å². The second-order valence-electron chi connectivity index (χ2n) is 4.12. The minimum absolute atomic E-state index is 0.576. The van der Waals surface area contributed by atoms with Gasteiger partial charge in [0.25, 0.3) is 0 Å². The summed E-state index contributed by atoms with van der Waals surface area (Å²) in [5, 5.41) is 0. The Labute approximate surface area is 102 Å². The first kappa shape index (κ1) is 11.6. The number of pyridine rings is 1. The van der Waals surface area contributed by atoms with E-state index in [1.54, 1.807) is 0 Å². The maximum Gasteiger partial charge on any atom is 0.132 e. The van der Waals surface area contributed by atoms with Gasteiger partial charge >= 0.3 is 0 Å². The molecule has 0 amide bonds. The number of aromatic nitrogens is 1. The second-order valence-corrected chi connectivity index (χ2v) is 4.12. The highest BCUT2D eigenvalue weighted by Gasteiger charge is 2.04. The zero-order valence-electron chi connectivity index (χ0n) is 10.2. The Hall–Kier alpha value is -1.87. The monoisotopic (exact) mass is 227 g/mol. The zero-order chi connectivity index (χ0) is 12.3. The molecule has 2 aromatic rings. The summed E-state index contributed by atoms with van der Waals surface area (Å²) in [4.78, 5) is 6.42. The van der Waals surface area contributed by atoms with Gasteiger partial charge in [-0.05, 0) is 42.3 Å². The Morgan fingerprint density at radius 3 is 2.47 bits per heavy atom. The molecule has 1 heterocycles. The van der Waals surface area contributed by atoms with E-state index in [1.807, 2.05) is 31.4 Å². The number of anilines is 2. The molecule has 2 N–H and O–H groups in total. The van der Waals surface area contributed by atoms with Gasteiger partial charge < -0.3 is 10.6 Å². The van der Waals surface area contributed by atoms with Crippen molar-refractivity contribution in [2.45, 2.75) is 13.5 Å². The van der Waals surface area contributed by atoms with E-state index in [2.05, 4.69) is 35.0 Å². The molecule has 3 heteroatoms. The van der Waals surface area contributed by atoms with Crippen LogP contribution < -0.4 is 10.6 Å². The highest BCUT2D eigenvalue weighted by atomic mass is 15.2. The molecule has 0 unspecified atom stereocenters. The summed E-state index contributed by atoms with van der Waals surface area (Å²) in [6, 6.07) is 12.3. The first-order valence-electron chi connectivity index (χ1n) is 5.66. The number of rotatable bonds is 3. The first-order chi connectivity index (χ1) is 8.20. The van der Waals surface area contributed by atoms with Gasteiger partial charge in [-0.15, -0.1) is 0 Å². The van der Waals surface area contributed by atoms with Gasteiger partial charge in [0.2, 0.25) is 0 Å². The van der Waals surface area contributed by atoms with Crippen LogP contribution in [0.5, 0.6) is 0 Å². The molecule has 0 bridgehead atoms. The van der Waals surface area contributed by atoms with Crippen molar-refractivity contribution in [2.24, 2.45) is 5.73 Å². The number of aryl methyl sites for hydroxylation is 1. The van der Waals surface area contributed by atoms with Crippen molar-refractivity contribution in [1.82, 2.24) is 4.98 Å². The first-order valence-corrected chi connectivity index (χ1v) is 5.66. The molecule has 0 saturated carbocycles. The molecule has 1 aromatic heterocycles. The summed E-state index contributed by atoms with van der Waals surface area (Å²) in [5.41, 5.74) is 9.04. The lowest BCUT2D eigenvalue weighted by Gasteiger charge is -2.18. The average molecular weight is 227 g/mol. The fourth-order valence-corrected chi connectivity index (χ4v) is 1.69. The number of nitrogens with zero attached hydrogens (tertiary/aromatic N) is 2. The molecular weight excluding hydrogens is 210 g/mol. The molecular formula is C14H17N3. The molecule has 0 radical (unpaired) electrons. The number of hydrogen-bond acceptors (Lipinski definition) is 3. The quantitative estimate of drug-likeness (QED) is 0.876. The molecule has 0 spiro atoms. The Kier molecular flexibility index (Phi) is 3.40. The van der Waals surface area contributed by atoms with Crippen LogP contribution in [0.4, 0.5) is 11.5 Å². The van der Waals surface area contributed by atoms with Crippen LogP contribution in [0.1, 0.15) is 11.1 Å². The molecule has 0 aliphatic rings. The number of benzene rings is 1. The smallest absolute Gasteiger partial charge is 0.132 e.